The number of carboxylic acids is 1. The van der Waals surface area contributed by atoms with Gasteiger partial charge >= 0.3 is 12.0 Å². The third-order valence-electron chi connectivity index (χ3n) is 7.75. The lowest BCUT2D eigenvalue weighted by atomic mass is 9.90. The lowest BCUT2D eigenvalue weighted by Gasteiger charge is -2.36. The number of urea groups is 1. The number of fused-ring (bicyclic) bond motifs is 1. The van der Waals surface area contributed by atoms with Crippen molar-refractivity contribution < 1.29 is 24.3 Å². The summed E-state index contributed by atoms with van der Waals surface area (Å²) in [6.45, 7) is 5.66. The fourth-order valence-corrected chi connectivity index (χ4v) is 5.41. The van der Waals surface area contributed by atoms with E-state index in [0.29, 0.717) is 11.4 Å². The molecular weight excluding hydrogens is 508 g/mol. The van der Waals surface area contributed by atoms with Crippen molar-refractivity contribution >= 4 is 40.8 Å². The van der Waals surface area contributed by atoms with Crippen molar-refractivity contribution in [1.29, 1.82) is 0 Å². The number of amides is 3. The molecule has 1 atom stereocenters. The maximum Gasteiger partial charge on any atom is 0.335 e. The van der Waals surface area contributed by atoms with Gasteiger partial charge < -0.3 is 25.5 Å². The van der Waals surface area contributed by atoms with E-state index in [2.05, 4.69) is 15.5 Å². The maximum atomic E-state index is 14.1. The third-order valence-corrected chi connectivity index (χ3v) is 7.75. The highest BCUT2D eigenvalue weighted by Crippen LogP contribution is 2.37. The van der Waals surface area contributed by atoms with Gasteiger partial charge in [-0.15, -0.1) is 0 Å². The number of rotatable bonds is 6. The molecule has 0 saturated heterocycles. The molecule has 1 aliphatic carbocycles. The van der Waals surface area contributed by atoms with Gasteiger partial charge in [-0.2, -0.15) is 0 Å². The first-order valence-corrected chi connectivity index (χ1v) is 14.2. The summed E-state index contributed by atoms with van der Waals surface area (Å²) in [5.41, 5.74) is 1.27. The molecule has 2 aromatic carbocycles. The monoisotopic (exact) mass is 548 g/mol. The van der Waals surface area contributed by atoms with Crippen molar-refractivity contribution in [2.24, 2.45) is 5.41 Å². The molecule has 1 heterocycles. The van der Waals surface area contributed by atoms with Gasteiger partial charge in [0.2, 0.25) is 0 Å². The van der Waals surface area contributed by atoms with Crippen molar-refractivity contribution in [3.8, 4) is 0 Å². The van der Waals surface area contributed by atoms with E-state index in [4.69, 9.17) is 0 Å². The van der Waals surface area contributed by atoms with Gasteiger partial charge in [0.05, 0.1) is 23.5 Å². The Balaban J connectivity index is 1.67. The molecule has 1 saturated carbocycles. The number of carbonyl (C=O) groups excluding carboxylic acids is 3. The summed E-state index contributed by atoms with van der Waals surface area (Å²) in [4.78, 5) is 55.5. The lowest BCUT2D eigenvalue weighted by Crippen LogP contribution is -2.55. The van der Waals surface area contributed by atoms with E-state index in [-0.39, 0.29) is 36.4 Å². The van der Waals surface area contributed by atoms with Crippen LogP contribution in [0.3, 0.4) is 0 Å². The van der Waals surface area contributed by atoms with Crippen LogP contribution in [0.1, 0.15) is 76.1 Å². The summed E-state index contributed by atoms with van der Waals surface area (Å²) in [6.07, 6.45) is 7.77. The van der Waals surface area contributed by atoms with Crippen LogP contribution >= 0.6 is 0 Å². The first kappa shape index (κ1) is 29.1. The highest BCUT2D eigenvalue weighted by Gasteiger charge is 2.38. The molecule has 0 bridgehead atoms. The zero-order valence-corrected chi connectivity index (χ0v) is 23.6. The molecule has 0 spiro atoms. The SMILES string of the molecule is CC(C)(C)C(=O)CN1C(=O)C(NC(=O)Nc2cccc(C(=O)O)c2)CN(C2CCCCCCC2)c2ccccc21. The normalized spacial score (nSPS) is 18.7. The van der Waals surface area contributed by atoms with E-state index in [1.54, 1.807) is 12.1 Å². The van der Waals surface area contributed by atoms with Crippen LogP contribution in [0.5, 0.6) is 0 Å². The number of anilines is 3. The van der Waals surface area contributed by atoms with Crippen molar-refractivity contribution in [3.05, 3.63) is 54.1 Å². The molecule has 214 valence electrons. The summed E-state index contributed by atoms with van der Waals surface area (Å²) in [5, 5.41) is 14.8. The van der Waals surface area contributed by atoms with Gasteiger partial charge in [0, 0.05) is 23.7 Å². The van der Waals surface area contributed by atoms with Gasteiger partial charge in [0.1, 0.15) is 6.04 Å². The first-order chi connectivity index (χ1) is 19.0. The minimum atomic E-state index is -1.10. The Morgan fingerprint density at radius 2 is 1.57 bits per heavy atom. The van der Waals surface area contributed by atoms with Crippen LogP contribution in [0.4, 0.5) is 21.9 Å². The Kier molecular flexibility index (Phi) is 9.12. The second-order valence-electron chi connectivity index (χ2n) is 11.8. The van der Waals surface area contributed by atoms with Crippen LogP contribution in [0.2, 0.25) is 0 Å². The van der Waals surface area contributed by atoms with E-state index < -0.39 is 23.5 Å². The number of hydrogen-bond donors (Lipinski definition) is 3. The number of ketones is 1. The van der Waals surface area contributed by atoms with Gasteiger partial charge in [0.15, 0.2) is 5.78 Å². The van der Waals surface area contributed by atoms with Crippen molar-refractivity contribution in [1.82, 2.24) is 5.32 Å². The molecule has 9 nitrogen and oxygen atoms in total. The number of carbonyl (C=O) groups is 4. The minimum Gasteiger partial charge on any atom is -0.478 e. The smallest absolute Gasteiger partial charge is 0.335 e. The summed E-state index contributed by atoms with van der Waals surface area (Å²) in [7, 11) is 0. The van der Waals surface area contributed by atoms with Gasteiger partial charge in [-0.25, -0.2) is 9.59 Å². The summed E-state index contributed by atoms with van der Waals surface area (Å²) in [6, 6.07) is 12.3. The molecule has 4 rings (SSSR count). The third kappa shape index (κ3) is 7.00. The van der Waals surface area contributed by atoms with Crippen LogP contribution in [0.15, 0.2) is 48.5 Å². The summed E-state index contributed by atoms with van der Waals surface area (Å²) in [5.74, 6) is -1.54. The molecule has 3 amide bonds. The van der Waals surface area contributed by atoms with E-state index in [0.717, 1.165) is 31.4 Å². The second kappa shape index (κ2) is 12.5. The average molecular weight is 549 g/mol. The molecule has 1 unspecified atom stereocenters. The molecule has 1 aliphatic heterocycles. The van der Waals surface area contributed by atoms with Crippen molar-refractivity contribution in [2.75, 3.05) is 28.2 Å². The number of nitrogens with one attached hydrogen (secondary N) is 2. The first-order valence-electron chi connectivity index (χ1n) is 14.2. The Morgan fingerprint density at radius 1 is 0.925 bits per heavy atom. The molecule has 9 heteroatoms. The zero-order valence-electron chi connectivity index (χ0n) is 23.6. The summed E-state index contributed by atoms with van der Waals surface area (Å²) >= 11 is 0. The molecule has 3 N–H and O–H groups in total. The topological polar surface area (TPSA) is 119 Å². The molecule has 2 aromatic rings. The van der Waals surface area contributed by atoms with E-state index in [1.807, 2.05) is 45.0 Å². The average Bonchev–Trinajstić information content (AvgIpc) is 2.99. The van der Waals surface area contributed by atoms with Crippen LogP contribution in [-0.4, -0.2) is 54.0 Å². The highest BCUT2D eigenvalue weighted by atomic mass is 16.4. The van der Waals surface area contributed by atoms with Crippen LogP contribution in [0.25, 0.3) is 0 Å². The number of carboxylic acid groups (broad SMARTS) is 1. The minimum absolute atomic E-state index is 0.0427. The molecule has 1 fully saturated rings. The quantitative estimate of drug-likeness (QED) is 0.441. The molecular formula is C31H40N4O5. The fourth-order valence-electron chi connectivity index (χ4n) is 5.41. The molecule has 0 radical (unpaired) electrons. The Labute approximate surface area is 235 Å². The number of aromatic carboxylic acids is 1. The number of nitrogens with zero attached hydrogens (tertiary/aromatic N) is 2. The second-order valence-corrected chi connectivity index (χ2v) is 11.8. The summed E-state index contributed by atoms with van der Waals surface area (Å²) < 4.78 is 0. The number of para-hydroxylation sites is 2. The standard InChI is InChI=1S/C31H40N4O5/c1-31(2,3)27(36)20-35-26-17-10-9-16-25(26)34(23-14-7-5-4-6-8-15-23)19-24(28(35)37)33-30(40)32-22-13-11-12-21(18-22)29(38)39/h9-13,16-18,23-24H,4-8,14-15,19-20H2,1-3H3,(H,38,39)(H2,32,33,40). The highest BCUT2D eigenvalue weighted by molar-refractivity contribution is 6.08. The van der Waals surface area contributed by atoms with Crippen LogP contribution < -0.4 is 20.4 Å². The number of Topliss-reactive ketones (excluding diaryl/α,β-unsaturated/α-hetero) is 1. The van der Waals surface area contributed by atoms with E-state index >= 15 is 0 Å². The predicted molar refractivity (Wildman–Crippen MR) is 156 cm³/mol. The largest absolute Gasteiger partial charge is 0.478 e. The Bertz CT molecular complexity index is 1250. The molecule has 0 aromatic heterocycles. The number of benzene rings is 2. The van der Waals surface area contributed by atoms with Gasteiger partial charge in [-0.1, -0.05) is 71.1 Å². The van der Waals surface area contributed by atoms with Gasteiger partial charge in [-0.05, 0) is 43.2 Å². The van der Waals surface area contributed by atoms with Crippen LogP contribution in [-0.2, 0) is 9.59 Å². The fraction of sp³-hybridized carbons (Fsp3) is 0.484. The molecule has 40 heavy (non-hydrogen) atoms. The van der Waals surface area contributed by atoms with Crippen molar-refractivity contribution in [3.63, 3.8) is 0 Å². The Morgan fingerprint density at radius 3 is 2.23 bits per heavy atom. The molecule has 2 aliphatic rings. The van der Waals surface area contributed by atoms with Crippen molar-refractivity contribution in [2.45, 2.75) is 77.8 Å². The van der Waals surface area contributed by atoms with E-state index in [1.165, 1.54) is 36.3 Å². The zero-order chi connectivity index (χ0) is 28.9. The maximum absolute atomic E-state index is 14.1. The lowest BCUT2D eigenvalue weighted by molar-refractivity contribution is -0.127. The van der Waals surface area contributed by atoms with E-state index in [9.17, 15) is 24.3 Å². The van der Waals surface area contributed by atoms with Crippen LogP contribution in [0, 0.1) is 5.41 Å². The van der Waals surface area contributed by atoms with Gasteiger partial charge in [0.25, 0.3) is 5.91 Å². The Hall–Kier alpha value is -3.88. The predicted octanol–water partition coefficient (Wildman–Crippen LogP) is 5.46. The number of hydrogen-bond acceptors (Lipinski definition) is 5. The van der Waals surface area contributed by atoms with Gasteiger partial charge in [-0.3, -0.25) is 9.59 Å².